The van der Waals surface area contributed by atoms with Gasteiger partial charge in [0.15, 0.2) is 0 Å². The van der Waals surface area contributed by atoms with Crippen LogP contribution in [-0.4, -0.2) is 52.4 Å². The first-order chi connectivity index (χ1) is 8.06. The van der Waals surface area contributed by atoms with E-state index in [1.807, 2.05) is 18.7 Å². The molecule has 1 aliphatic rings. The summed E-state index contributed by atoms with van der Waals surface area (Å²) in [6, 6.07) is 0. The fourth-order valence-electron chi connectivity index (χ4n) is 1.97. The zero-order valence-electron chi connectivity index (χ0n) is 9.95. The quantitative estimate of drug-likeness (QED) is 0.627. The lowest BCUT2D eigenvalue weighted by Gasteiger charge is -2.35. The van der Waals surface area contributed by atoms with Crippen molar-refractivity contribution in [2.75, 3.05) is 18.0 Å². The molecule has 0 radical (unpaired) electrons. The zero-order valence-corrected chi connectivity index (χ0v) is 9.95. The molecule has 0 spiro atoms. The Morgan fingerprint density at radius 1 is 1.24 bits per heavy atom. The van der Waals surface area contributed by atoms with Gasteiger partial charge in [-0.2, -0.15) is 0 Å². The molecule has 1 fully saturated rings. The molecule has 2 heterocycles. The van der Waals surface area contributed by atoms with Crippen LogP contribution in [0.25, 0.3) is 0 Å². The van der Waals surface area contributed by atoms with E-state index in [4.69, 9.17) is 14.8 Å². The summed E-state index contributed by atoms with van der Waals surface area (Å²) in [5.41, 5.74) is 0.295. The van der Waals surface area contributed by atoms with Gasteiger partial charge in [0.1, 0.15) is 0 Å². The lowest BCUT2D eigenvalue weighted by molar-refractivity contribution is -0.00571. The highest BCUT2D eigenvalue weighted by Gasteiger charge is 2.24. The maximum absolute atomic E-state index is 8.95. The van der Waals surface area contributed by atoms with Crippen LogP contribution in [0.1, 0.15) is 13.8 Å². The normalized spacial score (nSPS) is 24.8. The van der Waals surface area contributed by atoms with Crippen LogP contribution in [-0.2, 0) is 4.74 Å². The molecule has 1 aromatic rings. The summed E-state index contributed by atoms with van der Waals surface area (Å²) in [5.74, 6) is 0.594. The van der Waals surface area contributed by atoms with Crippen molar-refractivity contribution < 1.29 is 14.8 Å². The Morgan fingerprint density at radius 3 is 2.24 bits per heavy atom. The molecule has 0 aliphatic carbocycles. The van der Waals surface area contributed by atoms with Gasteiger partial charge in [0.05, 0.1) is 12.2 Å². The van der Waals surface area contributed by atoms with E-state index in [0.717, 1.165) is 13.1 Å². The highest BCUT2D eigenvalue weighted by atomic mass is 16.5. The van der Waals surface area contributed by atoms with Crippen molar-refractivity contribution in [3.05, 3.63) is 12.4 Å². The van der Waals surface area contributed by atoms with E-state index in [1.165, 1.54) is 12.4 Å². The van der Waals surface area contributed by atoms with Crippen LogP contribution in [0, 0.1) is 0 Å². The highest BCUT2D eigenvalue weighted by molar-refractivity contribution is 6.58. The summed E-state index contributed by atoms with van der Waals surface area (Å²) in [4.78, 5) is 10.3. The van der Waals surface area contributed by atoms with Gasteiger partial charge in [0, 0.05) is 30.9 Å². The molecule has 0 amide bonds. The van der Waals surface area contributed by atoms with Gasteiger partial charge in [-0.1, -0.05) is 0 Å². The topological polar surface area (TPSA) is 78.7 Å². The summed E-state index contributed by atoms with van der Waals surface area (Å²) < 4.78 is 5.62. The van der Waals surface area contributed by atoms with Gasteiger partial charge < -0.3 is 19.7 Å². The van der Waals surface area contributed by atoms with Crippen molar-refractivity contribution in [3.8, 4) is 0 Å². The Morgan fingerprint density at radius 2 is 1.76 bits per heavy atom. The number of morpholine rings is 1. The number of hydrogen-bond donors (Lipinski definition) is 2. The molecular weight excluding hydrogens is 221 g/mol. The first-order valence-corrected chi connectivity index (χ1v) is 5.64. The van der Waals surface area contributed by atoms with E-state index in [2.05, 4.69) is 9.97 Å². The molecule has 1 saturated heterocycles. The first kappa shape index (κ1) is 12.3. The van der Waals surface area contributed by atoms with Crippen molar-refractivity contribution in [2.45, 2.75) is 26.1 Å². The predicted octanol–water partition coefficient (Wildman–Crippen LogP) is -1.23. The average Bonchev–Trinajstić information content (AvgIpc) is 2.28. The maximum atomic E-state index is 8.95. The molecule has 1 aromatic heterocycles. The van der Waals surface area contributed by atoms with Crippen molar-refractivity contribution in [1.82, 2.24) is 9.97 Å². The molecule has 2 rings (SSSR count). The van der Waals surface area contributed by atoms with Gasteiger partial charge in [-0.25, -0.2) is 9.97 Å². The number of ether oxygens (including phenoxy) is 1. The second-order valence-electron chi connectivity index (χ2n) is 4.35. The molecule has 0 bridgehead atoms. The monoisotopic (exact) mass is 237 g/mol. The van der Waals surface area contributed by atoms with Crippen LogP contribution >= 0.6 is 0 Å². The fraction of sp³-hybridized carbons (Fsp3) is 0.600. The molecule has 2 N–H and O–H groups in total. The molecule has 0 aromatic carbocycles. The smallest absolute Gasteiger partial charge is 0.423 e. The molecule has 7 heteroatoms. The van der Waals surface area contributed by atoms with E-state index in [-0.39, 0.29) is 12.2 Å². The summed E-state index contributed by atoms with van der Waals surface area (Å²) >= 11 is 0. The maximum Gasteiger partial charge on any atom is 0.491 e. The minimum absolute atomic E-state index is 0.144. The number of hydrogen-bond acceptors (Lipinski definition) is 6. The van der Waals surface area contributed by atoms with E-state index in [0.29, 0.717) is 11.4 Å². The summed E-state index contributed by atoms with van der Waals surface area (Å²) in [7, 11) is -1.52. The van der Waals surface area contributed by atoms with E-state index in [9.17, 15) is 0 Å². The van der Waals surface area contributed by atoms with E-state index >= 15 is 0 Å². The molecule has 6 nitrogen and oxygen atoms in total. The lowest BCUT2D eigenvalue weighted by Crippen LogP contribution is -2.46. The molecule has 92 valence electrons. The van der Waals surface area contributed by atoms with Crippen LogP contribution in [0.2, 0.25) is 0 Å². The molecule has 0 saturated carbocycles. The Bertz CT molecular complexity index is 364. The third-order valence-electron chi connectivity index (χ3n) is 2.66. The fourth-order valence-corrected chi connectivity index (χ4v) is 1.97. The van der Waals surface area contributed by atoms with Crippen molar-refractivity contribution in [1.29, 1.82) is 0 Å². The second kappa shape index (κ2) is 4.99. The van der Waals surface area contributed by atoms with Crippen LogP contribution in [0.15, 0.2) is 12.4 Å². The predicted molar refractivity (Wildman–Crippen MR) is 64.1 cm³/mol. The number of aromatic nitrogens is 2. The Hall–Kier alpha value is -1.18. The first-order valence-electron chi connectivity index (χ1n) is 5.64. The van der Waals surface area contributed by atoms with Gasteiger partial charge >= 0.3 is 7.12 Å². The van der Waals surface area contributed by atoms with Gasteiger partial charge in [-0.05, 0) is 13.8 Å². The van der Waals surface area contributed by atoms with Crippen molar-refractivity contribution >= 4 is 18.5 Å². The standard InChI is InChI=1S/C10H16BN3O3/c1-7-5-14(6-8(2)17-7)10-12-3-9(4-13-10)11(15)16/h3-4,7-8,15-16H,5-6H2,1-2H3. The van der Waals surface area contributed by atoms with Crippen LogP contribution < -0.4 is 10.4 Å². The third-order valence-corrected chi connectivity index (χ3v) is 2.66. The Balaban J connectivity index is 2.11. The number of nitrogens with zero attached hydrogens (tertiary/aromatic N) is 3. The molecule has 2 unspecified atom stereocenters. The Kier molecular flexibility index (Phi) is 3.61. The van der Waals surface area contributed by atoms with Gasteiger partial charge in [0.25, 0.3) is 0 Å². The van der Waals surface area contributed by atoms with Gasteiger partial charge in [0.2, 0.25) is 5.95 Å². The van der Waals surface area contributed by atoms with E-state index in [1.54, 1.807) is 0 Å². The van der Waals surface area contributed by atoms with Crippen LogP contribution in [0.5, 0.6) is 0 Å². The van der Waals surface area contributed by atoms with Gasteiger partial charge in [-0.3, -0.25) is 0 Å². The average molecular weight is 237 g/mol. The van der Waals surface area contributed by atoms with E-state index < -0.39 is 7.12 Å². The minimum Gasteiger partial charge on any atom is -0.423 e. The summed E-state index contributed by atoms with van der Waals surface area (Å²) in [5, 5.41) is 17.9. The number of anilines is 1. The molecule has 2 atom stereocenters. The SMILES string of the molecule is CC1CN(c2ncc(B(O)O)cn2)CC(C)O1. The van der Waals surface area contributed by atoms with Crippen LogP contribution in [0.4, 0.5) is 5.95 Å². The molecule has 17 heavy (non-hydrogen) atoms. The third kappa shape index (κ3) is 2.93. The lowest BCUT2D eigenvalue weighted by atomic mass is 9.83. The molecule has 1 aliphatic heterocycles. The van der Waals surface area contributed by atoms with Crippen molar-refractivity contribution in [3.63, 3.8) is 0 Å². The molecular formula is C10H16BN3O3. The minimum atomic E-state index is -1.52. The zero-order chi connectivity index (χ0) is 12.4. The van der Waals surface area contributed by atoms with Crippen molar-refractivity contribution in [2.24, 2.45) is 0 Å². The van der Waals surface area contributed by atoms with Gasteiger partial charge in [-0.15, -0.1) is 0 Å². The number of rotatable bonds is 2. The largest absolute Gasteiger partial charge is 0.491 e. The Labute approximate surface area is 100 Å². The highest BCUT2D eigenvalue weighted by Crippen LogP contribution is 2.15. The van der Waals surface area contributed by atoms with Crippen LogP contribution in [0.3, 0.4) is 0 Å². The second-order valence-corrected chi connectivity index (χ2v) is 4.35. The summed E-state index contributed by atoms with van der Waals surface area (Å²) in [6.07, 6.45) is 3.14. The summed E-state index contributed by atoms with van der Waals surface area (Å²) in [6.45, 7) is 5.50.